The van der Waals surface area contributed by atoms with E-state index < -0.39 is 0 Å². The molecule has 0 aliphatic heterocycles. The number of rotatable bonds is 8. The van der Waals surface area contributed by atoms with Gasteiger partial charge in [-0.2, -0.15) is 5.10 Å². The van der Waals surface area contributed by atoms with Crippen LogP contribution in [0.25, 0.3) is 0 Å². The lowest BCUT2D eigenvalue weighted by Crippen LogP contribution is -2.31. The lowest BCUT2D eigenvalue weighted by Gasteiger charge is -2.13. The van der Waals surface area contributed by atoms with Crippen molar-refractivity contribution in [1.82, 2.24) is 15.1 Å². The summed E-state index contributed by atoms with van der Waals surface area (Å²) in [6.07, 6.45) is 2.64. The third-order valence-corrected chi connectivity index (χ3v) is 2.83. The molecule has 0 spiro atoms. The van der Waals surface area contributed by atoms with Crippen molar-refractivity contribution >= 4 is 0 Å². The minimum Gasteiger partial charge on any atom is -0.390 e. The molecule has 2 N–H and O–H groups in total. The summed E-state index contributed by atoms with van der Waals surface area (Å²) in [5, 5.41) is 17.6. The van der Waals surface area contributed by atoms with Crippen LogP contribution in [0.1, 0.15) is 38.6 Å². The topological polar surface area (TPSA) is 50.1 Å². The lowest BCUT2D eigenvalue weighted by molar-refractivity contribution is 0.146. The standard InChI is InChI=1S/C13H25N3O/c1-4-7-14-9-13(17)10-16-12(6-3)8-11(5-2)15-16/h8,13-14,17H,4-7,9-10H2,1-3H3. The van der Waals surface area contributed by atoms with Crippen LogP contribution < -0.4 is 5.32 Å². The Morgan fingerprint density at radius 3 is 2.71 bits per heavy atom. The first-order valence-electron chi connectivity index (χ1n) is 6.65. The molecule has 1 rings (SSSR count). The number of aromatic nitrogens is 2. The zero-order chi connectivity index (χ0) is 12.7. The number of aryl methyl sites for hydroxylation is 2. The smallest absolute Gasteiger partial charge is 0.0860 e. The van der Waals surface area contributed by atoms with E-state index in [2.05, 4.69) is 37.3 Å². The van der Waals surface area contributed by atoms with Crippen molar-refractivity contribution in [3.63, 3.8) is 0 Å². The van der Waals surface area contributed by atoms with Gasteiger partial charge in [0.25, 0.3) is 0 Å². The predicted octanol–water partition coefficient (Wildman–Crippen LogP) is 1.37. The number of hydrogen-bond acceptors (Lipinski definition) is 3. The van der Waals surface area contributed by atoms with Gasteiger partial charge in [-0.15, -0.1) is 0 Å². The molecule has 1 aromatic heterocycles. The number of nitrogens with one attached hydrogen (secondary N) is 1. The molecule has 17 heavy (non-hydrogen) atoms. The van der Waals surface area contributed by atoms with Crippen molar-refractivity contribution in [2.75, 3.05) is 13.1 Å². The fraction of sp³-hybridized carbons (Fsp3) is 0.769. The molecule has 1 heterocycles. The summed E-state index contributed by atoms with van der Waals surface area (Å²) in [7, 11) is 0. The van der Waals surface area contributed by atoms with Crippen LogP contribution in [-0.4, -0.2) is 34.1 Å². The van der Waals surface area contributed by atoms with Crippen molar-refractivity contribution in [2.45, 2.75) is 52.7 Å². The van der Waals surface area contributed by atoms with E-state index in [1.165, 1.54) is 5.69 Å². The Morgan fingerprint density at radius 1 is 1.35 bits per heavy atom. The summed E-state index contributed by atoms with van der Waals surface area (Å²) in [6.45, 7) is 8.52. The van der Waals surface area contributed by atoms with Crippen LogP contribution in [-0.2, 0) is 19.4 Å². The first kappa shape index (κ1) is 14.2. The van der Waals surface area contributed by atoms with E-state index in [-0.39, 0.29) is 6.10 Å². The average Bonchev–Trinajstić information content (AvgIpc) is 2.71. The maximum atomic E-state index is 9.91. The molecule has 0 aromatic carbocycles. The van der Waals surface area contributed by atoms with E-state index in [1.54, 1.807) is 0 Å². The Balaban J connectivity index is 2.51. The molecule has 0 bridgehead atoms. The number of nitrogens with zero attached hydrogens (tertiary/aromatic N) is 2. The highest BCUT2D eigenvalue weighted by atomic mass is 16.3. The largest absolute Gasteiger partial charge is 0.390 e. The maximum Gasteiger partial charge on any atom is 0.0860 e. The summed E-state index contributed by atoms with van der Waals surface area (Å²) < 4.78 is 1.94. The van der Waals surface area contributed by atoms with Gasteiger partial charge in [-0.1, -0.05) is 20.8 Å². The van der Waals surface area contributed by atoms with Crippen LogP contribution >= 0.6 is 0 Å². The van der Waals surface area contributed by atoms with E-state index in [0.29, 0.717) is 13.1 Å². The highest BCUT2D eigenvalue weighted by Gasteiger charge is 2.10. The predicted molar refractivity (Wildman–Crippen MR) is 70.2 cm³/mol. The summed E-state index contributed by atoms with van der Waals surface area (Å²) in [5.41, 5.74) is 2.31. The molecular formula is C13H25N3O. The van der Waals surface area contributed by atoms with E-state index in [9.17, 15) is 5.11 Å². The van der Waals surface area contributed by atoms with Crippen LogP contribution in [0.5, 0.6) is 0 Å². The summed E-state index contributed by atoms with van der Waals surface area (Å²) in [5.74, 6) is 0. The molecule has 98 valence electrons. The Bertz CT molecular complexity index is 322. The van der Waals surface area contributed by atoms with Gasteiger partial charge < -0.3 is 10.4 Å². The van der Waals surface area contributed by atoms with Gasteiger partial charge in [0.05, 0.1) is 18.3 Å². The second-order valence-corrected chi connectivity index (χ2v) is 4.37. The van der Waals surface area contributed by atoms with Crippen LogP contribution in [0, 0.1) is 0 Å². The minimum atomic E-state index is -0.364. The maximum absolute atomic E-state index is 9.91. The Kier molecular flexibility index (Phi) is 6.22. The molecule has 4 heteroatoms. The molecule has 1 unspecified atom stereocenters. The van der Waals surface area contributed by atoms with Gasteiger partial charge in [0.2, 0.25) is 0 Å². The number of aliphatic hydroxyl groups excluding tert-OH is 1. The zero-order valence-corrected chi connectivity index (χ0v) is 11.2. The van der Waals surface area contributed by atoms with Crippen molar-refractivity contribution in [2.24, 2.45) is 0 Å². The van der Waals surface area contributed by atoms with Crippen LogP contribution in [0.2, 0.25) is 0 Å². The van der Waals surface area contributed by atoms with Gasteiger partial charge >= 0.3 is 0 Å². The van der Waals surface area contributed by atoms with E-state index in [4.69, 9.17) is 0 Å². The fourth-order valence-electron chi connectivity index (χ4n) is 1.84. The molecule has 1 aromatic rings. The second-order valence-electron chi connectivity index (χ2n) is 4.37. The van der Waals surface area contributed by atoms with Gasteiger partial charge in [-0.25, -0.2) is 0 Å². The molecule has 0 amide bonds. The van der Waals surface area contributed by atoms with Gasteiger partial charge in [0.1, 0.15) is 0 Å². The highest BCUT2D eigenvalue weighted by molar-refractivity contribution is 5.10. The Morgan fingerprint density at radius 2 is 2.12 bits per heavy atom. The van der Waals surface area contributed by atoms with Crippen LogP contribution in [0.15, 0.2) is 6.07 Å². The minimum absolute atomic E-state index is 0.364. The Labute approximate surface area is 104 Å². The van der Waals surface area contributed by atoms with E-state index in [0.717, 1.165) is 31.5 Å². The highest BCUT2D eigenvalue weighted by Crippen LogP contribution is 2.07. The molecule has 0 fully saturated rings. The van der Waals surface area contributed by atoms with Gasteiger partial charge in [0, 0.05) is 12.2 Å². The molecule has 0 saturated heterocycles. The van der Waals surface area contributed by atoms with Gasteiger partial charge in [-0.3, -0.25) is 4.68 Å². The monoisotopic (exact) mass is 239 g/mol. The molecular weight excluding hydrogens is 214 g/mol. The van der Waals surface area contributed by atoms with Gasteiger partial charge in [0.15, 0.2) is 0 Å². The van der Waals surface area contributed by atoms with E-state index in [1.807, 2.05) is 4.68 Å². The molecule has 0 radical (unpaired) electrons. The molecule has 1 atom stereocenters. The quantitative estimate of drug-likeness (QED) is 0.674. The van der Waals surface area contributed by atoms with Crippen molar-refractivity contribution < 1.29 is 5.11 Å². The fourth-order valence-corrected chi connectivity index (χ4v) is 1.84. The van der Waals surface area contributed by atoms with Gasteiger partial charge in [-0.05, 0) is 31.9 Å². The molecule has 0 saturated carbocycles. The summed E-state index contributed by atoms with van der Waals surface area (Å²) in [6, 6.07) is 2.13. The Hall–Kier alpha value is -0.870. The van der Waals surface area contributed by atoms with Crippen molar-refractivity contribution in [1.29, 1.82) is 0 Å². The van der Waals surface area contributed by atoms with Crippen molar-refractivity contribution in [3.8, 4) is 0 Å². The number of aliphatic hydroxyl groups is 1. The third-order valence-electron chi connectivity index (χ3n) is 2.83. The summed E-state index contributed by atoms with van der Waals surface area (Å²) in [4.78, 5) is 0. The average molecular weight is 239 g/mol. The second kappa shape index (κ2) is 7.45. The lowest BCUT2D eigenvalue weighted by atomic mass is 10.2. The normalized spacial score (nSPS) is 12.9. The van der Waals surface area contributed by atoms with Crippen LogP contribution in [0.4, 0.5) is 0 Å². The summed E-state index contributed by atoms with van der Waals surface area (Å²) >= 11 is 0. The zero-order valence-electron chi connectivity index (χ0n) is 11.2. The molecule has 0 aliphatic carbocycles. The third kappa shape index (κ3) is 4.48. The number of hydrogen-bond donors (Lipinski definition) is 2. The first-order valence-corrected chi connectivity index (χ1v) is 6.65. The molecule has 4 nitrogen and oxygen atoms in total. The first-order chi connectivity index (χ1) is 8.21. The van der Waals surface area contributed by atoms with Crippen LogP contribution in [0.3, 0.4) is 0 Å². The van der Waals surface area contributed by atoms with E-state index >= 15 is 0 Å². The van der Waals surface area contributed by atoms with Crippen molar-refractivity contribution in [3.05, 3.63) is 17.5 Å². The SMILES string of the molecule is CCCNCC(O)Cn1nc(CC)cc1CC. The molecule has 0 aliphatic rings.